The van der Waals surface area contributed by atoms with Gasteiger partial charge in [0.1, 0.15) is 37.7 Å². The molecule has 0 saturated heterocycles. The Morgan fingerprint density at radius 2 is 1.61 bits per heavy atom. The summed E-state index contributed by atoms with van der Waals surface area (Å²) in [6.45, 7) is 9.41. The van der Waals surface area contributed by atoms with Crippen LogP contribution < -0.4 is 30.7 Å². The Kier molecular flexibility index (Phi) is 11.8. The highest BCUT2D eigenvalue weighted by atomic mass is 16.6. The lowest BCUT2D eigenvalue weighted by Gasteiger charge is -2.25. The van der Waals surface area contributed by atoms with Crippen LogP contribution in [0, 0.1) is 5.92 Å². The Morgan fingerprint density at radius 3 is 2.37 bits per heavy atom. The Labute approximate surface area is 286 Å². The number of carbonyl (C=O) groups is 4. The monoisotopic (exact) mass is 674 g/mol. The molecule has 3 atom stereocenters. The zero-order valence-electron chi connectivity index (χ0n) is 28.5. The molecule has 0 saturated carbocycles. The molecule has 3 heterocycles. The van der Waals surface area contributed by atoms with Gasteiger partial charge in [0.05, 0.1) is 12.6 Å². The van der Waals surface area contributed by atoms with Crippen molar-refractivity contribution in [2.75, 3.05) is 32.8 Å². The second-order valence-corrected chi connectivity index (χ2v) is 12.9. The van der Waals surface area contributed by atoms with Crippen LogP contribution in [0.3, 0.4) is 0 Å². The number of hydrogen-bond acceptors (Lipinski definition) is 9. The molecule has 0 fully saturated rings. The summed E-state index contributed by atoms with van der Waals surface area (Å²) < 4.78 is 12.9. The number of amides is 4. The Bertz CT molecular complexity index is 1630. The predicted molar refractivity (Wildman–Crippen MR) is 181 cm³/mol. The van der Waals surface area contributed by atoms with Gasteiger partial charge in [-0.2, -0.15) is 5.10 Å². The molecule has 262 valence electrons. The van der Waals surface area contributed by atoms with Gasteiger partial charge in [-0.25, -0.2) is 9.67 Å². The van der Waals surface area contributed by atoms with Gasteiger partial charge >= 0.3 is 0 Å². The number of nitrogens with one attached hydrogen (secondary N) is 4. The second kappa shape index (κ2) is 16.4. The van der Waals surface area contributed by atoms with E-state index in [0.717, 1.165) is 11.1 Å². The Hall–Kier alpha value is -4.98. The van der Waals surface area contributed by atoms with Gasteiger partial charge < -0.3 is 30.7 Å². The van der Waals surface area contributed by atoms with Gasteiger partial charge in [0.2, 0.25) is 23.6 Å². The first-order chi connectivity index (χ1) is 23.5. The lowest BCUT2D eigenvalue weighted by Crippen LogP contribution is -2.54. The SMILES string of the molecule is CC(C)C[C@H]1NC(=O)[C@@H](C)NC(=O)CN(Cc2ccc3c(c2)OCCO3)CCCNC(=O)Cn2nc(-c3ccccc3)nc2[C@H](C)NC1=O. The molecule has 14 nitrogen and oxygen atoms in total. The normalized spacial score (nSPS) is 21.7. The highest BCUT2D eigenvalue weighted by Crippen LogP contribution is 2.31. The van der Waals surface area contributed by atoms with Gasteiger partial charge in [-0.1, -0.05) is 50.2 Å². The minimum absolute atomic E-state index is 0.0119. The molecule has 2 aliphatic heterocycles. The van der Waals surface area contributed by atoms with E-state index in [1.165, 1.54) is 4.68 Å². The van der Waals surface area contributed by atoms with E-state index in [2.05, 4.69) is 26.4 Å². The smallest absolute Gasteiger partial charge is 0.243 e. The summed E-state index contributed by atoms with van der Waals surface area (Å²) in [7, 11) is 0. The molecule has 0 bridgehead atoms. The van der Waals surface area contributed by atoms with Crippen molar-refractivity contribution in [1.82, 2.24) is 40.9 Å². The largest absolute Gasteiger partial charge is 0.486 e. The van der Waals surface area contributed by atoms with Crippen LogP contribution in [-0.2, 0) is 32.3 Å². The first-order valence-corrected chi connectivity index (χ1v) is 16.8. The fraction of sp³-hybridized carbons (Fsp3) is 0.486. The van der Waals surface area contributed by atoms with Crippen LogP contribution >= 0.6 is 0 Å². The summed E-state index contributed by atoms with van der Waals surface area (Å²) in [5.41, 5.74) is 1.70. The summed E-state index contributed by atoms with van der Waals surface area (Å²) in [4.78, 5) is 59.9. The summed E-state index contributed by atoms with van der Waals surface area (Å²) in [5.74, 6) is 0.766. The summed E-state index contributed by atoms with van der Waals surface area (Å²) in [5, 5.41) is 16.2. The molecule has 0 aliphatic carbocycles. The van der Waals surface area contributed by atoms with E-state index in [0.29, 0.717) is 68.8 Å². The molecular formula is C35H46N8O6. The third-order valence-corrected chi connectivity index (χ3v) is 8.24. The minimum Gasteiger partial charge on any atom is -0.486 e. The standard InChI is InChI=1S/C35H46N8O6/c1-22(2)17-27-35(47)38-23(3)33-40-32(26-9-6-5-7-10-26)41-43(33)21-30(44)36-13-8-14-42(20-31(45)37-24(4)34(46)39-27)19-25-11-12-28-29(18-25)49-16-15-48-28/h5-7,9-12,18,22-24,27H,8,13-17,19-21H2,1-4H3,(H,36,44)(H,37,45)(H,38,47)(H,39,46)/t23-,24+,27+/m0/s1. The third-order valence-electron chi connectivity index (χ3n) is 8.24. The molecule has 14 heteroatoms. The van der Waals surface area contributed by atoms with Crippen molar-refractivity contribution >= 4 is 23.6 Å². The molecule has 0 spiro atoms. The van der Waals surface area contributed by atoms with Gasteiger partial charge in [-0.3, -0.25) is 24.1 Å². The number of benzene rings is 2. The van der Waals surface area contributed by atoms with Crippen molar-refractivity contribution in [1.29, 1.82) is 0 Å². The van der Waals surface area contributed by atoms with Gasteiger partial charge in [0, 0.05) is 25.2 Å². The number of ether oxygens (including phenoxy) is 2. The van der Waals surface area contributed by atoms with E-state index in [9.17, 15) is 19.2 Å². The number of aromatic nitrogens is 3. The Balaban J connectivity index is 1.39. The summed E-state index contributed by atoms with van der Waals surface area (Å²) in [6, 6.07) is 12.7. The first-order valence-electron chi connectivity index (χ1n) is 16.8. The van der Waals surface area contributed by atoms with Crippen LogP contribution in [-0.4, -0.2) is 88.2 Å². The van der Waals surface area contributed by atoms with E-state index in [1.54, 1.807) is 13.8 Å². The van der Waals surface area contributed by atoms with Crippen molar-refractivity contribution in [3.05, 3.63) is 59.9 Å². The van der Waals surface area contributed by atoms with Crippen molar-refractivity contribution in [3.63, 3.8) is 0 Å². The topological polar surface area (TPSA) is 169 Å². The van der Waals surface area contributed by atoms with E-state index < -0.39 is 29.9 Å². The van der Waals surface area contributed by atoms with Gasteiger partial charge in [0.15, 0.2) is 17.3 Å². The van der Waals surface area contributed by atoms with Crippen molar-refractivity contribution < 1.29 is 28.7 Å². The Morgan fingerprint density at radius 1 is 0.857 bits per heavy atom. The molecule has 5 rings (SSSR count). The molecule has 3 aromatic rings. The molecular weight excluding hydrogens is 628 g/mol. The summed E-state index contributed by atoms with van der Waals surface area (Å²) >= 11 is 0. The molecule has 0 unspecified atom stereocenters. The van der Waals surface area contributed by atoms with Crippen LogP contribution in [0.25, 0.3) is 11.4 Å². The molecule has 49 heavy (non-hydrogen) atoms. The van der Waals surface area contributed by atoms with Gasteiger partial charge in [-0.05, 0) is 50.3 Å². The number of nitrogens with zero attached hydrogens (tertiary/aromatic N) is 4. The van der Waals surface area contributed by atoms with Gasteiger partial charge in [0.25, 0.3) is 0 Å². The number of rotatable bonds is 5. The quantitative estimate of drug-likeness (QED) is 0.316. The maximum Gasteiger partial charge on any atom is 0.243 e. The zero-order chi connectivity index (χ0) is 34.9. The molecule has 4 amide bonds. The van der Waals surface area contributed by atoms with Crippen molar-refractivity contribution in [3.8, 4) is 22.9 Å². The second-order valence-electron chi connectivity index (χ2n) is 12.9. The lowest BCUT2D eigenvalue weighted by atomic mass is 10.0. The van der Waals surface area contributed by atoms with Crippen LogP contribution in [0.15, 0.2) is 48.5 Å². The molecule has 0 radical (unpaired) electrons. The number of carbonyl (C=O) groups excluding carboxylic acids is 4. The zero-order valence-corrected chi connectivity index (χ0v) is 28.5. The first kappa shape index (κ1) is 35.3. The van der Waals surface area contributed by atoms with E-state index in [1.807, 2.05) is 67.3 Å². The highest BCUT2D eigenvalue weighted by Gasteiger charge is 2.29. The van der Waals surface area contributed by atoms with Crippen LogP contribution in [0.5, 0.6) is 11.5 Å². The van der Waals surface area contributed by atoms with Crippen LogP contribution in [0.4, 0.5) is 0 Å². The average molecular weight is 675 g/mol. The molecule has 4 N–H and O–H groups in total. The predicted octanol–water partition coefficient (Wildman–Crippen LogP) is 1.95. The highest BCUT2D eigenvalue weighted by molar-refractivity contribution is 5.92. The third kappa shape index (κ3) is 9.78. The summed E-state index contributed by atoms with van der Waals surface area (Å²) in [6.07, 6.45) is 0.932. The van der Waals surface area contributed by atoms with E-state index >= 15 is 0 Å². The maximum atomic E-state index is 13.6. The number of fused-ring (bicyclic) bond motifs is 2. The average Bonchev–Trinajstić information content (AvgIpc) is 3.49. The van der Waals surface area contributed by atoms with E-state index in [4.69, 9.17) is 14.5 Å². The van der Waals surface area contributed by atoms with Crippen molar-refractivity contribution in [2.45, 2.75) is 71.8 Å². The molecule has 2 aliphatic rings. The molecule has 2 aromatic carbocycles. The van der Waals surface area contributed by atoms with Crippen LogP contribution in [0.1, 0.15) is 58.0 Å². The molecule has 1 aromatic heterocycles. The maximum absolute atomic E-state index is 13.6. The van der Waals surface area contributed by atoms with Crippen molar-refractivity contribution in [2.24, 2.45) is 5.92 Å². The van der Waals surface area contributed by atoms with Gasteiger partial charge in [-0.15, -0.1) is 0 Å². The number of hydrogen-bond donors (Lipinski definition) is 4. The fourth-order valence-electron chi connectivity index (χ4n) is 5.82. The fourth-order valence-corrected chi connectivity index (χ4v) is 5.82. The van der Waals surface area contributed by atoms with Crippen LogP contribution in [0.2, 0.25) is 0 Å². The van der Waals surface area contributed by atoms with E-state index in [-0.39, 0.29) is 30.8 Å². The lowest BCUT2D eigenvalue weighted by molar-refractivity contribution is -0.132. The minimum atomic E-state index is -0.888.